The van der Waals surface area contributed by atoms with Crippen LogP contribution in [0.15, 0.2) is 42.9 Å². The van der Waals surface area contributed by atoms with E-state index in [0.29, 0.717) is 17.1 Å². The predicted molar refractivity (Wildman–Crippen MR) is 107 cm³/mol. The Balaban J connectivity index is 1.53. The van der Waals surface area contributed by atoms with Crippen LogP contribution in [0.4, 0.5) is 14.6 Å². The minimum Gasteiger partial charge on any atom is -0.339 e. The number of fused-ring (bicyclic) bond motifs is 1. The minimum absolute atomic E-state index is 0.0361. The highest BCUT2D eigenvalue weighted by molar-refractivity contribution is 6.01. The van der Waals surface area contributed by atoms with Crippen molar-refractivity contribution in [1.29, 1.82) is 0 Å². The van der Waals surface area contributed by atoms with Gasteiger partial charge in [-0.1, -0.05) is 25.1 Å². The average Bonchev–Trinajstić information content (AvgIpc) is 3.10. The first-order valence-corrected chi connectivity index (χ1v) is 9.71. The Morgan fingerprint density at radius 1 is 1.19 bits per heavy atom. The third kappa shape index (κ3) is 4.00. The molecule has 1 N–H and O–H groups in total. The van der Waals surface area contributed by atoms with E-state index in [9.17, 15) is 18.4 Å². The van der Waals surface area contributed by atoms with Gasteiger partial charge < -0.3 is 5.32 Å². The number of aromatic nitrogens is 4. The van der Waals surface area contributed by atoms with E-state index >= 15 is 0 Å². The molecule has 0 saturated carbocycles. The second-order valence-electron chi connectivity index (χ2n) is 7.44. The van der Waals surface area contributed by atoms with Crippen molar-refractivity contribution in [3.8, 4) is 0 Å². The van der Waals surface area contributed by atoms with Gasteiger partial charge in [0.15, 0.2) is 17.3 Å². The summed E-state index contributed by atoms with van der Waals surface area (Å²) in [4.78, 5) is 35.4. The summed E-state index contributed by atoms with van der Waals surface area (Å²) in [5, 5.41) is 6.53. The van der Waals surface area contributed by atoms with Crippen molar-refractivity contribution in [1.82, 2.24) is 25.1 Å². The number of amides is 2. The molecule has 3 aromatic rings. The smallest absolute Gasteiger partial charge is 0.275 e. The first kappa shape index (κ1) is 20.6. The third-order valence-corrected chi connectivity index (χ3v) is 5.24. The highest BCUT2D eigenvalue weighted by Crippen LogP contribution is 2.30. The van der Waals surface area contributed by atoms with Gasteiger partial charge in [-0.25, -0.2) is 13.8 Å². The predicted octanol–water partition coefficient (Wildman–Crippen LogP) is 2.27. The van der Waals surface area contributed by atoms with Gasteiger partial charge in [-0.05, 0) is 12.5 Å². The van der Waals surface area contributed by atoms with Crippen LogP contribution in [0.2, 0.25) is 0 Å². The Bertz CT molecular complexity index is 1150. The van der Waals surface area contributed by atoms with Crippen molar-refractivity contribution >= 4 is 17.6 Å². The molecule has 2 amide bonds. The SMILES string of the molecule is C[C@H]1C[C@H](NC(=O)c2nn(Cc3ccccc3F)cc2F)C(=O)N(C)c2nccnc21. The summed E-state index contributed by atoms with van der Waals surface area (Å²) in [6, 6.07) is 5.14. The van der Waals surface area contributed by atoms with E-state index in [-0.39, 0.29) is 24.8 Å². The van der Waals surface area contributed by atoms with Crippen LogP contribution in [0.1, 0.15) is 41.0 Å². The van der Waals surface area contributed by atoms with Crippen LogP contribution < -0.4 is 10.2 Å². The molecule has 0 fully saturated rings. The summed E-state index contributed by atoms with van der Waals surface area (Å²) in [5.74, 6) is -2.25. The number of halogens is 2. The van der Waals surface area contributed by atoms with Gasteiger partial charge in [-0.3, -0.25) is 24.2 Å². The van der Waals surface area contributed by atoms with E-state index in [0.717, 1.165) is 10.9 Å². The van der Waals surface area contributed by atoms with Gasteiger partial charge >= 0.3 is 0 Å². The maximum Gasteiger partial charge on any atom is 0.275 e. The number of nitrogens with one attached hydrogen (secondary N) is 1. The van der Waals surface area contributed by atoms with Gasteiger partial charge in [-0.2, -0.15) is 5.10 Å². The first-order chi connectivity index (χ1) is 14.8. The number of likely N-dealkylation sites (N-methyl/N-ethyl adjacent to an activating group) is 1. The number of hydrogen-bond acceptors (Lipinski definition) is 5. The van der Waals surface area contributed by atoms with Crippen LogP contribution in [-0.2, 0) is 11.3 Å². The fraction of sp³-hybridized carbons (Fsp3) is 0.286. The van der Waals surface area contributed by atoms with Crippen LogP contribution in [0.3, 0.4) is 0 Å². The van der Waals surface area contributed by atoms with Gasteiger partial charge in [0.25, 0.3) is 11.8 Å². The number of anilines is 1. The van der Waals surface area contributed by atoms with Crippen LogP contribution in [0.5, 0.6) is 0 Å². The molecular formula is C21H20F2N6O2. The Kier molecular flexibility index (Phi) is 5.45. The van der Waals surface area contributed by atoms with Gasteiger partial charge in [0.2, 0.25) is 0 Å². The largest absolute Gasteiger partial charge is 0.339 e. The molecule has 0 aliphatic carbocycles. The van der Waals surface area contributed by atoms with E-state index in [2.05, 4.69) is 20.4 Å². The van der Waals surface area contributed by atoms with Gasteiger partial charge in [0.05, 0.1) is 18.4 Å². The molecule has 0 spiro atoms. The Morgan fingerprint density at radius 2 is 1.94 bits per heavy atom. The molecule has 2 aromatic heterocycles. The van der Waals surface area contributed by atoms with E-state index in [4.69, 9.17) is 0 Å². The van der Waals surface area contributed by atoms with Gasteiger partial charge in [-0.15, -0.1) is 0 Å². The zero-order chi connectivity index (χ0) is 22.1. The average molecular weight is 426 g/mol. The molecule has 4 rings (SSSR count). The third-order valence-electron chi connectivity index (χ3n) is 5.24. The van der Waals surface area contributed by atoms with Crippen molar-refractivity contribution in [3.05, 3.63) is 71.4 Å². The highest BCUT2D eigenvalue weighted by Gasteiger charge is 2.35. The summed E-state index contributed by atoms with van der Waals surface area (Å²) < 4.78 is 29.4. The molecular weight excluding hydrogens is 406 g/mol. The standard InChI is InChI=1S/C21H20F2N6O2/c1-12-9-16(21(31)28(2)19-17(12)24-7-8-25-19)26-20(30)18-15(23)11-29(27-18)10-13-5-3-4-6-14(13)22/h3-8,11-12,16H,9-10H2,1-2H3,(H,26,30)/t12-,16-/m0/s1. The summed E-state index contributed by atoms with van der Waals surface area (Å²) in [6.07, 6.45) is 4.34. The van der Waals surface area contributed by atoms with E-state index < -0.39 is 29.3 Å². The molecule has 0 unspecified atom stereocenters. The van der Waals surface area contributed by atoms with Gasteiger partial charge in [0, 0.05) is 30.9 Å². The second-order valence-corrected chi connectivity index (χ2v) is 7.44. The lowest BCUT2D eigenvalue weighted by Gasteiger charge is -2.20. The van der Waals surface area contributed by atoms with E-state index in [1.54, 1.807) is 31.4 Å². The molecule has 3 heterocycles. The van der Waals surface area contributed by atoms with Crippen LogP contribution in [-0.4, -0.2) is 44.7 Å². The zero-order valence-electron chi connectivity index (χ0n) is 16.9. The van der Waals surface area contributed by atoms with Crippen molar-refractivity contribution in [2.45, 2.75) is 31.8 Å². The molecule has 0 saturated heterocycles. The molecule has 2 atom stereocenters. The van der Waals surface area contributed by atoms with Crippen molar-refractivity contribution < 1.29 is 18.4 Å². The molecule has 1 aliphatic rings. The lowest BCUT2D eigenvalue weighted by Crippen LogP contribution is -2.47. The molecule has 8 nitrogen and oxygen atoms in total. The van der Waals surface area contributed by atoms with Crippen molar-refractivity contribution in [2.24, 2.45) is 0 Å². The summed E-state index contributed by atoms with van der Waals surface area (Å²) >= 11 is 0. The van der Waals surface area contributed by atoms with E-state index in [1.807, 2.05) is 6.92 Å². The van der Waals surface area contributed by atoms with Gasteiger partial charge in [0.1, 0.15) is 11.9 Å². The Hall–Kier alpha value is -3.69. The number of hydrogen-bond donors (Lipinski definition) is 1. The van der Waals surface area contributed by atoms with Crippen LogP contribution in [0, 0.1) is 11.6 Å². The number of carbonyl (C=O) groups excluding carboxylic acids is 2. The quantitative estimate of drug-likeness (QED) is 0.691. The Labute approximate surface area is 176 Å². The fourth-order valence-electron chi connectivity index (χ4n) is 3.63. The summed E-state index contributed by atoms with van der Waals surface area (Å²) in [5.41, 5.74) is 0.497. The number of rotatable bonds is 4. The summed E-state index contributed by atoms with van der Waals surface area (Å²) in [7, 11) is 1.55. The number of nitrogens with zero attached hydrogens (tertiary/aromatic N) is 5. The minimum atomic E-state index is -0.903. The topological polar surface area (TPSA) is 93.0 Å². The van der Waals surface area contributed by atoms with Crippen molar-refractivity contribution in [2.75, 3.05) is 11.9 Å². The maximum atomic E-state index is 14.4. The molecule has 160 valence electrons. The normalized spacial score (nSPS) is 18.5. The molecule has 1 aromatic carbocycles. The maximum absolute atomic E-state index is 14.4. The molecule has 31 heavy (non-hydrogen) atoms. The number of benzene rings is 1. The van der Waals surface area contributed by atoms with Crippen LogP contribution >= 0.6 is 0 Å². The van der Waals surface area contributed by atoms with E-state index in [1.165, 1.54) is 17.2 Å². The Morgan fingerprint density at radius 3 is 2.71 bits per heavy atom. The molecule has 1 aliphatic heterocycles. The highest BCUT2D eigenvalue weighted by atomic mass is 19.1. The van der Waals surface area contributed by atoms with Crippen molar-refractivity contribution in [3.63, 3.8) is 0 Å². The molecule has 0 bridgehead atoms. The lowest BCUT2D eigenvalue weighted by atomic mass is 9.99. The van der Waals surface area contributed by atoms with Crippen LogP contribution in [0.25, 0.3) is 0 Å². The first-order valence-electron chi connectivity index (χ1n) is 9.71. The zero-order valence-corrected chi connectivity index (χ0v) is 16.9. The second kappa shape index (κ2) is 8.21. The fourth-order valence-corrected chi connectivity index (χ4v) is 3.63. The molecule has 10 heteroatoms. The molecule has 0 radical (unpaired) electrons. The monoisotopic (exact) mass is 426 g/mol. The number of carbonyl (C=O) groups is 2. The lowest BCUT2D eigenvalue weighted by molar-refractivity contribution is -0.120. The summed E-state index contributed by atoms with van der Waals surface area (Å²) in [6.45, 7) is 1.84.